The van der Waals surface area contributed by atoms with Gasteiger partial charge < -0.3 is 10.6 Å². The Labute approximate surface area is 178 Å². The highest BCUT2D eigenvalue weighted by atomic mass is 127. The highest BCUT2D eigenvalue weighted by Crippen LogP contribution is 2.21. The number of carbonyl (C=O) groups is 1. The van der Waals surface area contributed by atoms with E-state index >= 15 is 0 Å². The van der Waals surface area contributed by atoms with Crippen molar-refractivity contribution in [2.75, 3.05) is 17.2 Å². The fraction of sp³-hybridized carbons (Fsp3) is 0.450. The summed E-state index contributed by atoms with van der Waals surface area (Å²) in [4.78, 5) is 41.7. The first kappa shape index (κ1) is 22.2. The largest absolute Gasteiger partial charge is 0.383 e. The number of aromatic amines is 1. The number of hydrogen-bond acceptors (Lipinski definition) is 4. The molecule has 152 valence electrons. The van der Waals surface area contributed by atoms with Gasteiger partial charge in [-0.2, -0.15) is 0 Å². The zero-order valence-electron chi connectivity index (χ0n) is 16.3. The molecule has 7 nitrogen and oxygen atoms in total. The molecule has 0 fully saturated rings. The predicted molar refractivity (Wildman–Crippen MR) is 121 cm³/mol. The van der Waals surface area contributed by atoms with Crippen LogP contribution in [-0.4, -0.2) is 22.0 Å². The van der Waals surface area contributed by atoms with E-state index < -0.39 is 11.2 Å². The summed E-state index contributed by atoms with van der Waals surface area (Å²) in [7, 11) is 0. The number of nitrogens with one attached hydrogen (secondary N) is 1. The van der Waals surface area contributed by atoms with E-state index in [0.717, 1.165) is 35.7 Å². The number of carbonyl (C=O) groups excluding carboxylic acids is 1. The maximum absolute atomic E-state index is 13.2. The summed E-state index contributed by atoms with van der Waals surface area (Å²) >= 11 is 2.17. The highest BCUT2D eigenvalue weighted by molar-refractivity contribution is 14.1. The Morgan fingerprint density at radius 3 is 2.36 bits per heavy atom. The van der Waals surface area contributed by atoms with Crippen molar-refractivity contribution in [3.63, 3.8) is 0 Å². The van der Waals surface area contributed by atoms with E-state index in [9.17, 15) is 14.4 Å². The van der Waals surface area contributed by atoms with Gasteiger partial charge in [0.15, 0.2) is 5.69 Å². The molecule has 0 unspecified atom stereocenters. The van der Waals surface area contributed by atoms with E-state index in [4.69, 9.17) is 5.73 Å². The predicted octanol–water partition coefficient (Wildman–Crippen LogP) is 3.36. The molecule has 1 heterocycles. The standard InChI is InChI=1S/C20H27IN4O3/c1-3-5-7-13-24(19(27)14-8-10-15(21)11-9-14)16-17(22)25(12-6-4-2)20(28)23-18(16)26/h8-11H,3-7,12-13,22H2,1-2H3,(H,23,26,28). The van der Waals surface area contributed by atoms with Gasteiger partial charge in [0.2, 0.25) is 0 Å². The first-order valence-electron chi connectivity index (χ1n) is 9.60. The van der Waals surface area contributed by atoms with E-state index in [1.807, 2.05) is 19.1 Å². The molecule has 28 heavy (non-hydrogen) atoms. The average Bonchev–Trinajstić information content (AvgIpc) is 2.66. The molecule has 1 aromatic heterocycles. The SMILES string of the molecule is CCCCCN(C(=O)c1ccc(I)cc1)c1c(N)n(CCCC)c(=O)[nH]c1=O. The molecule has 1 aromatic carbocycles. The Balaban J connectivity index is 2.53. The van der Waals surface area contributed by atoms with Crippen LogP contribution in [0, 0.1) is 3.57 Å². The van der Waals surface area contributed by atoms with Crippen molar-refractivity contribution in [3.05, 3.63) is 54.2 Å². The minimum absolute atomic E-state index is 0.0394. The van der Waals surface area contributed by atoms with Crippen LogP contribution in [0.25, 0.3) is 0 Å². The Morgan fingerprint density at radius 2 is 1.75 bits per heavy atom. The molecule has 0 bridgehead atoms. The van der Waals surface area contributed by atoms with Gasteiger partial charge >= 0.3 is 5.69 Å². The van der Waals surface area contributed by atoms with Crippen molar-refractivity contribution < 1.29 is 4.79 Å². The van der Waals surface area contributed by atoms with Crippen molar-refractivity contribution in [1.82, 2.24) is 9.55 Å². The van der Waals surface area contributed by atoms with Crippen molar-refractivity contribution in [2.24, 2.45) is 0 Å². The average molecular weight is 498 g/mol. The lowest BCUT2D eigenvalue weighted by Crippen LogP contribution is -2.41. The number of hydrogen-bond donors (Lipinski definition) is 2. The van der Waals surface area contributed by atoms with Gasteiger partial charge in [0, 0.05) is 22.2 Å². The third-order valence-corrected chi connectivity index (χ3v) is 5.26. The first-order valence-corrected chi connectivity index (χ1v) is 10.7. The lowest BCUT2D eigenvalue weighted by Gasteiger charge is -2.24. The second-order valence-corrected chi connectivity index (χ2v) is 7.91. The van der Waals surface area contributed by atoms with Gasteiger partial charge in [-0.1, -0.05) is 33.1 Å². The first-order chi connectivity index (χ1) is 13.4. The van der Waals surface area contributed by atoms with Gasteiger partial charge in [0.05, 0.1) is 0 Å². The van der Waals surface area contributed by atoms with Gasteiger partial charge in [-0.05, 0) is 59.7 Å². The Hall–Kier alpha value is -2.10. The molecular formula is C20H27IN4O3. The van der Waals surface area contributed by atoms with Crippen LogP contribution >= 0.6 is 22.6 Å². The van der Waals surface area contributed by atoms with Crippen LogP contribution in [0.5, 0.6) is 0 Å². The third kappa shape index (κ3) is 5.24. The number of anilines is 2. The second-order valence-electron chi connectivity index (χ2n) is 6.67. The van der Waals surface area contributed by atoms with Crippen molar-refractivity contribution in [2.45, 2.75) is 52.5 Å². The molecule has 3 N–H and O–H groups in total. The maximum atomic E-state index is 13.2. The smallest absolute Gasteiger partial charge is 0.330 e. The normalized spacial score (nSPS) is 10.8. The minimum atomic E-state index is -0.634. The number of halogens is 1. The maximum Gasteiger partial charge on any atom is 0.330 e. The third-order valence-electron chi connectivity index (χ3n) is 4.54. The molecule has 0 spiro atoms. The number of aromatic nitrogens is 2. The quantitative estimate of drug-likeness (QED) is 0.409. The molecule has 2 aromatic rings. The van der Waals surface area contributed by atoms with Crippen LogP contribution in [0.2, 0.25) is 0 Å². The van der Waals surface area contributed by atoms with Crippen LogP contribution in [0.1, 0.15) is 56.3 Å². The fourth-order valence-electron chi connectivity index (χ4n) is 2.96. The zero-order valence-corrected chi connectivity index (χ0v) is 18.5. The Kier molecular flexibility index (Phi) is 8.28. The molecular weight excluding hydrogens is 471 g/mol. The molecule has 0 radical (unpaired) electrons. The molecule has 8 heteroatoms. The van der Waals surface area contributed by atoms with Gasteiger partial charge in [0.1, 0.15) is 5.82 Å². The number of nitrogens with two attached hydrogens (primary N) is 1. The summed E-state index contributed by atoms with van der Waals surface area (Å²) in [6.45, 7) is 4.83. The van der Waals surface area contributed by atoms with Gasteiger partial charge in [-0.15, -0.1) is 0 Å². The number of rotatable bonds is 9. The number of benzene rings is 1. The molecule has 2 rings (SSSR count). The number of nitrogen functional groups attached to an aromatic ring is 1. The highest BCUT2D eigenvalue weighted by Gasteiger charge is 2.24. The van der Waals surface area contributed by atoms with Gasteiger partial charge in [0.25, 0.3) is 11.5 Å². The van der Waals surface area contributed by atoms with E-state index in [1.165, 1.54) is 9.47 Å². The molecule has 0 aliphatic heterocycles. The van der Waals surface area contributed by atoms with E-state index in [1.54, 1.807) is 12.1 Å². The number of H-pyrrole nitrogens is 1. The second kappa shape index (κ2) is 10.4. The summed E-state index contributed by atoms with van der Waals surface area (Å²) in [6, 6.07) is 7.14. The molecule has 0 saturated heterocycles. The molecule has 0 saturated carbocycles. The van der Waals surface area contributed by atoms with E-state index in [-0.39, 0.29) is 17.4 Å². The molecule has 0 atom stereocenters. The summed E-state index contributed by atoms with van der Waals surface area (Å²) in [6.07, 6.45) is 4.26. The monoisotopic (exact) mass is 498 g/mol. The van der Waals surface area contributed by atoms with Gasteiger partial charge in [-0.3, -0.25) is 19.1 Å². The summed E-state index contributed by atoms with van der Waals surface area (Å²) < 4.78 is 2.35. The Bertz CT molecular complexity index is 919. The summed E-state index contributed by atoms with van der Waals surface area (Å²) in [5, 5.41) is 0. The Morgan fingerprint density at radius 1 is 1.11 bits per heavy atom. The number of unbranched alkanes of at least 4 members (excludes halogenated alkanes) is 3. The minimum Gasteiger partial charge on any atom is -0.383 e. The summed E-state index contributed by atoms with van der Waals surface area (Å²) in [5.74, 6) is -0.261. The van der Waals surface area contributed by atoms with Crippen molar-refractivity contribution in [1.29, 1.82) is 0 Å². The summed E-state index contributed by atoms with van der Waals surface area (Å²) in [5.41, 5.74) is 5.56. The van der Waals surface area contributed by atoms with Crippen LogP contribution in [0.3, 0.4) is 0 Å². The van der Waals surface area contributed by atoms with Crippen molar-refractivity contribution >= 4 is 40.0 Å². The molecule has 0 aliphatic carbocycles. The lowest BCUT2D eigenvalue weighted by atomic mass is 10.1. The van der Waals surface area contributed by atoms with E-state index in [2.05, 4.69) is 34.5 Å². The zero-order chi connectivity index (χ0) is 20.7. The van der Waals surface area contributed by atoms with Crippen LogP contribution < -0.4 is 21.9 Å². The van der Waals surface area contributed by atoms with Crippen LogP contribution in [-0.2, 0) is 6.54 Å². The molecule has 1 amide bonds. The van der Waals surface area contributed by atoms with Crippen molar-refractivity contribution in [3.8, 4) is 0 Å². The topological polar surface area (TPSA) is 101 Å². The van der Waals surface area contributed by atoms with Crippen LogP contribution in [0.4, 0.5) is 11.5 Å². The van der Waals surface area contributed by atoms with Crippen LogP contribution in [0.15, 0.2) is 33.9 Å². The number of nitrogens with zero attached hydrogens (tertiary/aromatic N) is 2. The lowest BCUT2D eigenvalue weighted by molar-refractivity contribution is 0.0986. The number of amides is 1. The fourth-order valence-corrected chi connectivity index (χ4v) is 3.32. The van der Waals surface area contributed by atoms with Gasteiger partial charge in [-0.25, -0.2) is 4.79 Å². The molecule has 0 aliphatic rings. The van der Waals surface area contributed by atoms with E-state index in [0.29, 0.717) is 18.7 Å².